The molecule has 0 fully saturated rings. The van der Waals surface area contributed by atoms with Gasteiger partial charge < -0.3 is 10.2 Å². The van der Waals surface area contributed by atoms with Crippen LogP contribution in [0.5, 0.6) is 0 Å². The first-order chi connectivity index (χ1) is 18.7. The quantitative estimate of drug-likeness (QED) is 0.319. The van der Waals surface area contributed by atoms with Crippen LogP contribution in [-0.2, 0) is 32.6 Å². The number of nitrogens with zero attached hydrogens (tertiary/aromatic N) is 2. The lowest BCUT2D eigenvalue weighted by Gasteiger charge is -2.34. The fourth-order valence-electron chi connectivity index (χ4n) is 4.43. The molecule has 208 valence electrons. The van der Waals surface area contributed by atoms with Crippen molar-refractivity contribution >= 4 is 27.5 Å². The van der Waals surface area contributed by atoms with E-state index in [1.54, 1.807) is 30.3 Å². The number of carbonyl (C=O) groups excluding carboxylic acids is 2. The Balaban J connectivity index is 2.07. The minimum Gasteiger partial charge on any atom is -0.352 e. The predicted octanol–water partition coefficient (Wildman–Crippen LogP) is 5.17. The second-order valence-electron chi connectivity index (χ2n) is 9.56. The first-order valence-corrected chi connectivity index (χ1v) is 15.0. The number of anilines is 1. The number of amides is 2. The molecule has 0 bridgehead atoms. The normalized spacial score (nSPS) is 12.8. The zero-order valence-electron chi connectivity index (χ0n) is 23.2. The minimum absolute atomic E-state index is 0.0494. The Labute approximate surface area is 232 Å². The standard InChI is InChI=1S/C31H39N3O4S/c1-5-24(4)32-31(36)28(7-3)33(22-25-16-10-8-11-17-25)30(35)23-34(29-21-15-14-18-26(29)6-2)39(37,38)27-19-12-9-13-20-27/h8-21,24,28H,5-7,22-23H2,1-4H3,(H,32,36)/t24-,28+/m0/s1. The highest BCUT2D eigenvalue weighted by molar-refractivity contribution is 7.92. The van der Waals surface area contributed by atoms with Gasteiger partial charge >= 0.3 is 0 Å². The molecule has 0 unspecified atom stereocenters. The van der Waals surface area contributed by atoms with Gasteiger partial charge in [0.05, 0.1) is 10.6 Å². The lowest BCUT2D eigenvalue weighted by atomic mass is 10.1. The van der Waals surface area contributed by atoms with Crippen LogP contribution in [0.15, 0.2) is 89.8 Å². The van der Waals surface area contributed by atoms with Gasteiger partial charge in [0.25, 0.3) is 10.0 Å². The molecule has 2 amide bonds. The molecule has 3 aromatic carbocycles. The van der Waals surface area contributed by atoms with Crippen LogP contribution in [0, 0.1) is 0 Å². The van der Waals surface area contributed by atoms with E-state index in [9.17, 15) is 18.0 Å². The van der Waals surface area contributed by atoms with E-state index < -0.39 is 28.5 Å². The molecule has 0 saturated carbocycles. The second-order valence-corrected chi connectivity index (χ2v) is 11.4. The summed E-state index contributed by atoms with van der Waals surface area (Å²) in [6, 6.07) is 23.9. The molecule has 8 heteroatoms. The van der Waals surface area contributed by atoms with Crippen molar-refractivity contribution in [3.8, 4) is 0 Å². The van der Waals surface area contributed by atoms with Crippen LogP contribution in [0.25, 0.3) is 0 Å². The van der Waals surface area contributed by atoms with Crippen molar-refractivity contribution in [3.63, 3.8) is 0 Å². The van der Waals surface area contributed by atoms with Crippen molar-refractivity contribution in [2.75, 3.05) is 10.8 Å². The Hall–Kier alpha value is -3.65. The SMILES string of the molecule is CCc1ccccc1N(CC(=O)N(Cc1ccccc1)[C@H](CC)C(=O)N[C@@H](C)CC)S(=O)(=O)c1ccccc1. The molecule has 3 rings (SSSR count). The van der Waals surface area contributed by atoms with Crippen molar-refractivity contribution in [2.45, 2.75) is 70.5 Å². The van der Waals surface area contributed by atoms with Gasteiger partial charge in [0.1, 0.15) is 12.6 Å². The number of aryl methyl sites for hydroxylation is 1. The van der Waals surface area contributed by atoms with Gasteiger partial charge in [-0.1, -0.05) is 87.5 Å². The van der Waals surface area contributed by atoms with E-state index in [1.165, 1.54) is 21.3 Å². The highest BCUT2D eigenvalue weighted by Gasteiger charge is 2.34. The van der Waals surface area contributed by atoms with E-state index in [2.05, 4.69) is 5.32 Å². The molecular formula is C31H39N3O4S. The maximum Gasteiger partial charge on any atom is 0.264 e. The highest BCUT2D eigenvalue weighted by atomic mass is 32.2. The van der Waals surface area contributed by atoms with Crippen molar-refractivity contribution in [1.29, 1.82) is 0 Å². The van der Waals surface area contributed by atoms with Crippen molar-refractivity contribution in [2.24, 2.45) is 0 Å². The van der Waals surface area contributed by atoms with Gasteiger partial charge in [-0.25, -0.2) is 8.42 Å². The number of sulfonamides is 1. The molecule has 0 aromatic heterocycles. The van der Waals surface area contributed by atoms with Crippen molar-refractivity contribution in [1.82, 2.24) is 10.2 Å². The molecule has 0 aliphatic rings. The van der Waals surface area contributed by atoms with Gasteiger partial charge in [-0.15, -0.1) is 0 Å². The molecule has 2 atom stereocenters. The van der Waals surface area contributed by atoms with Gasteiger partial charge in [-0.2, -0.15) is 0 Å². The third kappa shape index (κ3) is 7.47. The van der Waals surface area contributed by atoms with Crippen LogP contribution in [0.4, 0.5) is 5.69 Å². The summed E-state index contributed by atoms with van der Waals surface area (Å²) in [6.07, 6.45) is 1.73. The number of benzene rings is 3. The fraction of sp³-hybridized carbons (Fsp3) is 0.355. The summed E-state index contributed by atoms with van der Waals surface area (Å²) in [4.78, 5) is 29.0. The van der Waals surface area contributed by atoms with Crippen molar-refractivity contribution < 1.29 is 18.0 Å². The molecular weight excluding hydrogens is 510 g/mol. The number of nitrogens with one attached hydrogen (secondary N) is 1. The smallest absolute Gasteiger partial charge is 0.264 e. The lowest BCUT2D eigenvalue weighted by molar-refractivity contribution is -0.140. The Kier molecular flexibility index (Phi) is 10.7. The lowest BCUT2D eigenvalue weighted by Crippen LogP contribution is -2.53. The summed E-state index contributed by atoms with van der Waals surface area (Å²) in [5.41, 5.74) is 2.11. The average Bonchev–Trinajstić information content (AvgIpc) is 2.96. The Bertz CT molecular complexity index is 1330. The predicted molar refractivity (Wildman–Crippen MR) is 156 cm³/mol. The molecule has 0 aliphatic carbocycles. The molecule has 3 aromatic rings. The summed E-state index contributed by atoms with van der Waals surface area (Å²) in [7, 11) is -4.08. The van der Waals surface area contributed by atoms with Gasteiger partial charge in [0.2, 0.25) is 11.8 Å². The molecule has 0 heterocycles. The Morgan fingerprint density at radius 2 is 1.41 bits per heavy atom. The minimum atomic E-state index is -4.08. The summed E-state index contributed by atoms with van der Waals surface area (Å²) in [5, 5.41) is 3.00. The first-order valence-electron chi connectivity index (χ1n) is 13.5. The van der Waals surface area contributed by atoms with Crippen molar-refractivity contribution in [3.05, 3.63) is 96.1 Å². The molecule has 1 N–H and O–H groups in total. The monoisotopic (exact) mass is 549 g/mol. The summed E-state index contributed by atoms with van der Waals surface area (Å²) < 4.78 is 29.1. The molecule has 0 aliphatic heterocycles. The van der Waals surface area contributed by atoms with E-state index in [1.807, 2.05) is 70.2 Å². The molecule has 0 saturated heterocycles. The van der Waals surface area contributed by atoms with Crippen LogP contribution in [0.1, 0.15) is 51.7 Å². The van der Waals surface area contributed by atoms with Crippen LogP contribution >= 0.6 is 0 Å². The molecule has 39 heavy (non-hydrogen) atoms. The third-order valence-corrected chi connectivity index (χ3v) is 8.61. The van der Waals surface area contributed by atoms with E-state index in [4.69, 9.17) is 0 Å². The molecule has 7 nitrogen and oxygen atoms in total. The van der Waals surface area contributed by atoms with E-state index in [0.717, 1.165) is 17.5 Å². The van der Waals surface area contributed by atoms with Crippen LogP contribution in [0.2, 0.25) is 0 Å². The summed E-state index contributed by atoms with van der Waals surface area (Å²) in [6.45, 7) is 7.45. The highest BCUT2D eigenvalue weighted by Crippen LogP contribution is 2.28. The largest absolute Gasteiger partial charge is 0.352 e. The van der Waals surface area contributed by atoms with Gasteiger partial charge in [-0.3, -0.25) is 13.9 Å². The number of para-hydroxylation sites is 1. The maximum atomic E-state index is 14.1. The number of carbonyl (C=O) groups is 2. The summed E-state index contributed by atoms with van der Waals surface area (Å²) >= 11 is 0. The summed E-state index contributed by atoms with van der Waals surface area (Å²) in [5.74, 6) is -0.696. The topological polar surface area (TPSA) is 86.8 Å². The Morgan fingerprint density at radius 3 is 2.00 bits per heavy atom. The Morgan fingerprint density at radius 1 is 0.821 bits per heavy atom. The zero-order valence-corrected chi connectivity index (χ0v) is 24.0. The van der Waals surface area contributed by atoms with Crippen LogP contribution < -0.4 is 9.62 Å². The van der Waals surface area contributed by atoms with Crippen LogP contribution in [-0.4, -0.2) is 43.8 Å². The van der Waals surface area contributed by atoms with E-state index >= 15 is 0 Å². The average molecular weight is 550 g/mol. The number of hydrogen-bond acceptors (Lipinski definition) is 4. The number of hydrogen-bond donors (Lipinski definition) is 1. The molecule has 0 spiro atoms. The zero-order chi connectivity index (χ0) is 28.4. The van der Waals surface area contributed by atoms with Gasteiger partial charge in [0, 0.05) is 12.6 Å². The van der Waals surface area contributed by atoms with Gasteiger partial charge in [0.15, 0.2) is 0 Å². The van der Waals surface area contributed by atoms with Crippen LogP contribution in [0.3, 0.4) is 0 Å². The molecule has 0 radical (unpaired) electrons. The van der Waals surface area contributed by atoms with E-state index in [0.29, 0.717) is 18.5 Å². The third-order valence-electron chi connectivity index (χ3n) is 6.83. The fourth-order valence-corrected chi connectivity index (χ4v) is 5.90. The van der Waals surface area contributed by atoms with E-state index in [-0.39, 0.29) is 23.4 Å². The van der Waals surface area contributed by atoms with Gasteiger partial charge in [-0.05, 0) is 55.5 Å². The number of rotatable bonds is 13. The second kappa shape index (κ2) is 13.9. The first kappa shape index (κ1) is 29.9. The maximum absolute atomic E-state index is 14.1.